The zero-order valence-corrected chi connectivity index (χ0v) is 15.3. The van der Waals surface area contributed by atoms with Gasteiger partial charge in [-0.3, -0.25) is 9.59 Å². The van der Waals surface area contributed by atoms with Crippen LogP contribution in [0.4, 0.5) is 0 Å². The Kier molecular flexibility index (Phi) is 5.35. The Labute approximate surface area is 153 Å². The Morgan fingerprint density at radius 2 is 2.04 bits per heavy atom. The van der Waals surface area contributed by atoms with Crippen LogP contribution in [0.5, 0.6) is 0 Å². The number of benzene rings is 1. The molecule has 1 saturated carbocycles. The number of hydrogen-bond acceptors (Lipinski definition) is 3. The van der Waals surface area contributed by atoms with E-state index in [1.165, 1.54) is 0 Å². The Morgan fingerprint density at radius 1 is 1.36 bits per heavy atom. The smallest absolute Gasteiger partial charge is 0.227 e. The maximum absolute atomic E-state index is 12.8. The number of nitrogens with zero attached hydrogens (tertiary/aromatic N) is 2. The van der Waals surface area contributed by atoms with Crippen molar-refractivity contribution < 1.29 is 14.7 Å². The molecule has 1 aromatic rings. The molecule has 0 radical (unpaired) electrons. The lowest BCUT2D eigenvalue weighted by atomic mass is 9.95. The van der Waals surface area contributed by atoms with Crippen LogP contribution < -0.4 is 0 Å². The van der Waals surface area contributed by atoms with Gasteiger partial charge in [-0.15, -0.1) is 0 Å². The van der Waals surface area contributed by atoms with Crippen LogP contribution >= 0.6 is 11.6 Å². The quantitative estimate of drug-likeness (QED) is 0.842. The zero-order valence-electron chi connectivity index (χ0n) is 14.6. The molecule has 25 heavy (non-hydrogen) atoms. The molecule has 6 heteroatoms. The van der Waals surface area contributed by atoms with E-state index < -0.39 is 0 Å². The Morgan fingerprint density at radius 3 is 2.64 bits per heavy atom. The maximum atomic E-state index is 12.8. The second kappa shape index (κ2) is 7.34. The van der Waals surface area contributed by atoms with Crippen molar-refractivity contribution in [1.82, 2.24) is 9.80 Å². The second-order valence-electron chi connectivity index (χ2n) is 7.49. The van der Waals surface area contributed by atoms with Crippen molar-refractivity contribution in [2.24, 2.45) is 11.3 Å². The van der Waals surface area contributed by atoms with Gasteiger partial charge >= 0.3 is 0 Å². The molecule has 1 aliphatic carbocycles. The van der Waals surface area contributed by atoms with Crippen LogP contribution in [0.2, 0.25) is 5.02 Å². The number of carbonyl (C=O) groups excluding carboxylic acids is 2. The van der Waals surface area contributed by atoms with Gasteiger partial charge < -0.3 is 14.9 Å². The van der Waals surface area contributed by atoms with Gasteiger partial charge in [-0.2, -0.15) is 0 Å². The van der Waals surface area contributed by atoms with E-state index in [0.717, 1.165) is 18.4 Å². The lowest BCUT2D eigenvalue weighted by molar-refractivity contribution is -0.143. The summed E-state index contributed by atoms with van der Waals surface area (Å²) in [6.07, 6.45) is 2.97. The van der Waals surface area contributed by atoms with Crippen LogP contribution in [0, 0.1) is 11.3 Å². The minimum atomic E-state index is -0.163. The molecule has 1 saturated heterocycles. The number of amides is 2. The fraction of sp³-hybridized carbons (Fsp3) is 0.579. The molecule has 2 amide bonds. The van der Waals surface area contributed by atoms with E-state index in [9.17, 15) is 14.7 Å². The van der Waals surface area contributed by atoms with Crippen molar-refractivity contribution in [2.45, 2.75) is 32.2 Å². The number of halogens is 1. The number of aliphatic hydroxyl groups excluding tert-OH is 1. The van der Waals surface area contributed by atoms with Crippen molar-refractivity contribution in [1.29, 1.82) is 0 Å². The van der Waals surface area contributed by atoms with Crippen LogP contribution in [0.15, 0.2) is 24.3 Å². The molecular weight excluding hydrogens is 340 g/mol. The fourth-order valence-corrected chi connectivity index (χ4v) is 3.64. The van der Waals surface area contributed by atoms with Crippen molar-refractivity contribution in [2.75, 3.05) is 26.7 Å². The number of carbonyl (C=O) groups is 2. The van der Waals surface area contributed by atoms with Gasteiger partial charge in [-0.05, 0) is 37.0 Å². The normalized spacial score (nSPS) is 22.0. The van der Waals surface area contributed by atoms with Crippen LogP contribution in [-0.4, -0.2) is 53.5 Å². The summed E-state index contributed by atoms with van der Waals surface area (Å²) >= 11 is 5.90. The molecular formula is C19H25ClN2O3. The van der Waals surface area contributed by atoms with Gasteiger partial charge in [0.1, 0.15) is 0 Å². The van der Waals surface area contributed by atoms with Crippen molar-refractivity contribution in [3.05, 3.63) is 34.9 Å². The summed E-state index contributed by atoms with van der Waals surface area (Å²) in [5, 5.41) is 10.1. The SMILES string of the molecule is CN(CC1(CO)CC1)C(=O)[C@@H]1CCC(=O)N(Cc2ccc(Cl)cc2)C1. The first-order valence-corrected chi connectivity index (χ1v) is 9.18. The highest BCUT2D eigenvalue weighted by Crippen LogP contribution is 2.45. The van der Waals surface area contributed by atoms with Crippen LogP contribution in [0.3, 0.4) is 0 Å². The van der Waals surface area contributed by atoms with E-state index in [-0.39, 0.29) is 29.8 Å². The minimum absolute atomic E-state index is 0.0772. The maximum Gasteiger partial charge on any atom is 0.227 e. The van der Waals surface area contributed by atoms with Gasteiger partial charge in [-0.25, -0.2) is 0 Å². The first-order valence-electron chi connectivity index (χ1n) is 8.80. The molecule has 0 bridgehead atoms. The van der Waals surface area contributed by atoms with Gasteiger partial charge in [0.2, 0.25) is 11.8 Å². The van der Waals surface area contributed by atoms with E-state index in [4.69, 9.17) is 11.6 Å². The van der Waals surface area contributed by atoms with Crippen molar-refractivity contribution in [3.63, 3.8) is 0 Å². The summed E-state index contributed by atoms with van der Waals surface area (Å²) in [6, 6.07) is 7.44. The van der Waals surface area contributed by atoms with Gasteiger partial charge in [-0.1, -0.05) is 23.7 Å². The van der Waals surface area contributed by atoms with Gasteiger partial charge in [0.15, 0.2) is 0 Å². The summed E-state index contributed by atoms with van der Waals surface area (Å²) in [7, 11) is 1.80. The lowest BCUT2D eigenvalue weighted by Crippen LogP contribution is -2.47. The molecule has 2 fully saturated rings. The molecule has 0 spiro atoms. The molecule has 1 atom stereocenters. The van der Waals surface area contributed by atoms with Gasteiger partial charge in [0.05, 0.1) is 12.5 Å². The Bertz CT molecular complexity index is 643. The number of aliphatic hydroxyl groups is 1. The molecule has 0 unspecified atom stereocenters. The summed E-state index contributed by atoms with van der Waals surface area (Å²) in [6.45, 7) is 1.70. The molecule has 2 aliphatic rings. The largest absolute Gasteiger partial charge is 0.396 e. The molecule has 1 N–H and O–H groups in total. The predicted molar refractivity (Wildman–Crippen MR) is 96.0 cm³/mol. The van der Waals surface area contributed by atoms with Gasteiger partial charge in [0, 0.05) is 43.5 Å². The minimum Gasteiger partial charge on any atom is -0.396 e. The molecule has 1 aliphatic heterocycles. The Hall–Kier alpha value is -1.59. The molecule has 1 aromatic carbocycles. The number of rotatable bonds is 6. The first kappa shape index (κ1) is 18.2. The number of piperidine rings is 1. The average Bonchev–Trinajstić information content (AvgIpc) is 3.38. The lowest BCUT2D eigenvalue weighted by Gasteiger charge is -2.34. The van der Waals surface area contributed by atoms with Gasteiger partial charge in [0.25, 0.3) is 0 Å². The highest BCUT2D eigenvalue weighted by Gasteiger charge is 2.44. The Balaban J connectivity index is 1.60. The third-order valence-corrected chi connectivity index (χ3v) is 5.63. The first-order chi connectivity index (χ1) is 11.9. The zero-order chi connectivity index (χ0) is 18.0. The standard InChI is InChI=1S/C19H25ClN2O3/c1-21(12-19(13-23)8-9-19)18(25)15-4-7-17(24)22(11-15)10-14-2-5-16(20)6-3-14/h2-3,5-6,15,23H,4,7-13H2,1H3/t15-/m1/s1. The predicted octanol–water partition coefficient (Wildman–Crippen LogP) is 2.31. The van der Waals surface area contributed by atoms with Crippen molar-refractivity contribution in [3.8, 4) is 0 Å². The highest BCUT2D eigenvalue weighted by molar-refractivity contribution is 6.30. The molecule has 1 heterocycles. The molecule has 0 aromatic heterocycles. The van der Waals surface area contributed by atoms with E-state index in [1.807, 2.05) is 24.3 Å². The van der Waals surface area contributed by atoms with E-state index in [1.54, 1.807) is 16.8 Å². The molecule has 136 valence electrons. The summed E-state index contributed by atoms with van der Waals surface area (Å²) in [5.41, 5.74) is 0.925. The van der Waals surface area contributed by atoms with Crippen molar-refractivity contribution >= 4 is 23.4 Å². The third kappa shape index (κ3) is 4.33. The van der Waals surface area contributed by atoms with Crippen LogP contribution in [-0.2, 0) is 16.1 Å². The number of hydrogen-bond donors (Lipinski definition) is 1. The van der Waals surface area contributed by atoms with Crippen LogP contribution in [0.1, 0.15) is 31.2 Å². The summed E-state index contributed by atoms with van der Waals surface area (Å²) in [5.74, 6) is 0.00787. The average molecular weight is 365 g/mol. The highest BCUT2D eigenvalue weighted by atomic mass is 35.5. The number of likely N-dealkylation sites (tertiary alicyclic amines) is 1. The second-order valence-corrected chi connectivity index (χ2v) is 7.93. The topological polar surface area (TPSA) is 60.9 Å². The fourth-order valence-electron chi connectivity index (χ4n) is 3.52. The van der Waals surface area contributed by atoms with E-state index in [2.05, 4.69) is 0 Å². The van der Waals surface area contributed by atoms with Crippen LogP contribution in [0.25, 0.3) is 0 Å². The van der Waals surface area contributed by atoms with E-state index >= 15 is 0 Å². The monoisotopic (exact) mass is 364 g/mol. The summed E-state index contributed by atoms with van der Waals surface area (Å²) in [4.78, 5) is 28.5. The summed E-state index contributed by atoms with van der Waals surface area (Å²) < 4.78 is 0. The molecule has 5 nitrogen and oxygen atoms in total. The third-order valence-electron chi connectivity index (χ3n) is 5.38. The van der Waals surface area contributed by atoms with E-state index in [0.29, 0.717) is 37.5 Å². The molecule has 3 rings (SSSR count).